The SMILES string of the molecule is CC(C)(C)c1ccc(Nc2cc3c(cc2-c2c4c(c5c6cc(C(C)(C)C)ccc6n6c5c2Bc2cc(C(C)(C)C)ccc2-6)-c2ccccc2C4(C)C)C(C)(C)c2ccccc2C3(C)C)cc1. The Labute approximate surface area is 395 Å². The molecule has 0 radical (unpaired) electrons. The molecule has 2 nitrogen and oxygen atoms in total. The Morgan fingerprint density at radius 2 is 1.03 bits per heavy atom. The summed E-state index contributed by atoms with van der Waals surface area (Å²) in [4.78, 5) is 0. The molecule has 11 rings (SSSR count). The van der Waals surface area contributed by atoms with Gasteiger partial charge in [0.2, 0.25) is 0 Å². The second kappa shape index (κ2) is 13.7. The molecule has 0 fully saturated rings. The van der Waals surface area contributed by atoms with Gasteiger partial charge in [-0.1, -0.05) is 188 Å². The van der Waals surface area contributed by atoms with Crippen LogP contribution in [-0.2, 0) is 32.5 Å². The van der Waals surface area contributed by atoms with Crippen molar-refractivity contribution in [3.63, 3.8) is 0 Å². The first-order chi connectivity index (χ1) is 30.9. The first-order valence-electron chi connectivity index (χ1n) is 24.5. The number of benzene rings is 7. The molecule has 2 aliphatic carbocycles. The number of hydrogen-bond donors (Lipinski definition) is 1. The first kappa shape index (κ1) is 42.8. The van der Waals surface area contributed by atoms with Gasteiger partial charge in [-0.25, -0.2) is 0 Å². The first-order valence-corrected chi connectivity index (χ1v) is 24.5. The molecule has 2 heterocycles. The fourth-order valence-electron chi connectivity index (χ4n) is 12.4. The lowest BCUT2D eigenvalue weighted by atomic mass is 9.56. The minimum Gasteiger partial charge on any atom is -0.355 e. The molecular weight excluding hydrogens is 796 g/mol. The van der Waals surface area contributed by atoms with Crippen LogP contribution in [0.4, 0.5) is 11.4 Å². The molecule has 1 N–H and O–H groups in total. The third kappa shape index (κ3) is 6.00. The quantitative estimate of drug-likeness (QED) is 0.175. The van der Waals surface area contributed by atoms with Gasteiger partial charge in [-0.2, -0.15) is 0 Å². The van der Waals surface area contributed by atoms with E-state index in [2.05, 4.69) is 235 Å². The van der Waals surface area contributed by atoms with Gasteiger partial charge in [0.15, 0.2) is 7.28 Å². The molecule has 0 atom stereocenters. The molecule has 1 aliphatic heterocycles. The second-order valence-corrected chi connectivity index (χ2v) is 24.8. The molecule has 0 unspecified atom stereocenters. The van der Waals surface area contributed by atoms with Crippen LogP contribution >= 0.6 is 0 Å². The van der Waals surface area contributed by atoms with E-state index in [0.29, 0.717) is 0 Å². The van der Waals surface area contributed by atoms with E-state index in [1.807, 2.05) is 0 Å². The average molecular weight is 863 g/mol. The van der Waals surface area contributed by atoms with E-state index in [0.717, 1.165) is 18.7 Å². The van der Waals surface area contributed by atoms with E-state index in [9.17, 15) is 0 Å². The van der Waals surface area contributed by atoms with Gasteiger partial charge in [-0.15, -0.1) is 0 Å². The zero-order chi connectivity index (χ0) is 46.8. The van der Waals surface area contributed by atoms with Crippen molar-refractivity contribution < 1.29 is 0 Å². The van der Waals surface area contributed by atoms with Gasteiger partial charge in [-0.05, 0) is 131 Å². The van der Waals surface area contributed by atoms with Crippen LogP contribution in [0.15, 0.2) is 121 Å². The molecule has 1 aromatic heterocycles. The number of rotatable bonds is 3. The van der Waals surface area contributed by atoms with Gasteiger partial charge < -0.3 is 9.88 Å². The highest BCUT2D eigenvalue weighted by Gasteiger charge is 2.46. The highest BCUT2D eigenvalue weighted by Crippen LogP contribution is 2.59. The lowest BCUT2D eigenvalue weighted by Crippen LogP contribution is -2.39. The summed E-state index contributed by atoms with van der Waals surface area (Å²) in [7, 11) is 0.849. The van der Waals surface area contributed by atoms with Crippen molar-refractivity contribution in [2.45, 2.75) is 136 Å². The predicted octanol–water partition coefficient (Wildman–Crippen LogP) is 15.1. The van der Waals surface area contributed by atoms with Crippen LogP contribution in [0, 0.1) is 0 Å². The molecule has 66 heavy (non-hydrogen) atoms. The van der Waals surface area contributed by atoms with Crippen LogP contribution in [0.2, 0.25) is 0 Å². The van der Waals surface area contributed by atoms with E-state index in [4.69, 9.17) is 0 Å². The average Bonchev–Trinajstić information content (AvgIpc) is 3.71. The fourth-order valence-corrected chi connectivity index (χ4v) is 12.4. The Bertz CT molecular complexity index is 3370. The maximum absolute atomic E-state index is 4.15. The lowest BCUT2D eigenvalue weighted by Gasteiger charge is -2.44. The van der Waals surface area contributed by atoms with Crippen molar-refractivity contribution >= 4 is 51.4 Å². The maximum Gasteiger partial charge on any atom is 0.198 e. The third-order valence-electron chi connectivity index (χ3n) is 16.3. The normalized spacial score (nSPS) is 16.3. The summed E-state index contributed by atoms with van der Waals surface area (Å²) < 4.78 is 2.66. The van der Waals surface area contributed by atoms with E-state index in [1.165, 1.54) is 111 Å². The van der Waals surface area contributed by atoms with Crippen LogP contribution in [-0.4, -0.2) is 11.8 Å². The summed E-state index contributed by atoms with van der Waals surface area (Å²) in [5.41, 5.74) is 26.4. The Morgan fingerprint density at radius 1 is 0.485 bits per heavy atom. The highest BCUT2D eigenvalue weighted by atomic mass is 15.0. The topological polar surface area (TPSA) is 17.0 Å². The monoisotopic (exact) mass is 863 g/mol. The molecular formula is C63H67BN2. The van der Waals surface area contributed by atoms with E-state index in [1.54, 1.807) is 0 Å². The molecule has 332 valence electrons. The van der Waals surface area contributed by atoms with Crippen molar-refractivity contribution in [2.75, 3.05) is 5.32 Å². The van der Waals surface area contributed by atoms with E-state index in [-0.39, 0.29) is 32.5 Å². The van der Waals surface area contributed by atoms with Crippen molar-refractivity contribution in [3.05, 3.63) is 171 Å². The Kier molecular flexibility index (Phi) is 8.86. The lowest BCUT2D eigenvalue weighted by molar-refractivity contribution is 0.521. The van der Waals surface area contributed by atoms with Crippen LogP contribution in [0.5, 0.6) is 0 Å². The van der Waals surface area contributed by atoms with Crippen LogP contribution in [0.3, 0.4) is 0 Å². The summed E-state index contributed by atoms with van der Waals surface area (Å²) in [5, 5.41) is 6.90. The number of nitrogens with zero attached hydrogens (tertiary/aromatic N) is 1. The number of nitrogens with one attached hydrogen (secondary N) is 1. The number of anilines is 2. The van der Waals surface area contributed by atoms with E-state index < -0.39 is 0 Å². The molecule has 7 aromatic carbocycles. The molecule has 0 bridgehead atoms. The standard InChI is InChI=1S/C63H67BN2/c1-58(2,3)36-24-28-39(29-25-36)65-49-35-47-46(61(10,11)44-22-18-19-23-45(44)62(47,12)13)34-41(49)54-55-52(40-20-16-17-21-43(40)63(55,14)15)53-42-32-37(59(4,5)6)26-30-50(42)66-51-31-27-38(60(7,8)9)33-48(51)64-56(54)57(53)66/h16-35,64-65H,1-15H3. The van der Waals surface area contributed by atoms with Crippen molar-refractivity contribution in [1.82, 2.24) is 4.57 Å². The minimum absolute atomic E-state index is 0.000580. The number of fused-ring (bicyclic) bond motifs is 11. The largest absolute Gasteiger partial charge is 0.355 e. The molecule has 0 spiro atoms. The summed E-state index contributed by atoms with van der Waals surface area (Å²) in [6.07, 6.45) is 0. The van der Waals surface area contributed by atoms with E-state index >= 15 is 0 Å². The minimum atomic E-state index is -0.279. The second-order valence-electron chi connectivity index (χ2n) is 24.8. The summed E-state index contributed by atoms with van der Waals surface area (Å²) in [5.74, 6) is 0. The fraction of sp³-hybridized carbons (Fsp3) is 0.333. The van der Waals surface area contributed by atoms with Gasteiger partial charge in [0.25, 0.3) is 0 Å². The van der Waals surface area contributed by atoms with Crippen LogP contribution in [0.25, 0.3) is 49.7 Å². The highest BCUT2D eigenvalue weighted by molar-refractivity contribution is 6.74. The Morgan fingerprint density at radius 3 is 1.65 bits per heavy atom. The third-order valence-corrected chi connectivity index (χ3v) is 16.3. The van der Waals surface area contributed by atoms with Gasteiger partial charge >= 0.3 is 0 Å². The molecule has 3 aliphatic rings. The van der Waals surface area contributed by atoms with Crippen molar-refractivity contribution in [3.8, 4) is 27.9 Å². The number of aromatic nitrogens is 1. The smallest absolute Gasteiger partial charge is 0.198 e. The van der Waals surface area contributed by atoms with Crippen LogP contribution < -0.4 is 16.2 Å². The van der Waals surface area contributed by atoms with Gasteiger partial charge in [0, 0.05) is 55.2 Å². The molecule has 0 saturated carbocycles. The Hall–Kier alpha value is -5.80. The van der Waals surface area contributed by atoms with Gasteiger partial charge in [0.1, 0.15) is 0 Å². The van der Waals surface area contributed by atoms with Gasteiger partial charge in [-0.3, -0.25) is 0 Å². The predicted molar refractivity (Wildman–Crippen MR) is 287 cm³/mol. The van der Waals surface area contributed by atoms with Crippen molar-refractivity contribution in [1.29, 1.82) is 0 Å². The molecule has 0 saturated heterocycles. The summed E-state index contributed by atoms with van der Waals surface area (Å²) in [6, 6.07) is 47.6. The van der Waals surface area contributed by atoms with Crippen LogP contribution in [0.1, 0.15) is 154 Å². The summed E-state index contributed by atoms with van der Waals surface area (Å²) in [6.45, 7) is 35.8. The van der Waals surface area contributed by atoms with Gasteiger partial charge in [0.05, 0.1) is 5.52 Å². The molecule has 8 aromatic rings. The number of hydrogen-bond acceptors (Lipinski definition) is 1. The zero-order valence-corrected chi connectivity index (χ0v) is 42.2. The summed E-state index contributed by atoms with van der Waals surface area (Å²) >= 11 is 0. The molecule has 3 heteroatoms. The molecule has 0 amide bonds. The zero-order valence-electron chi connectivity index (χ0n) is 42.2. The maximum atomic E-state index is 4.15. The van der Waals surface area contributed by atoms with Crippen molar-refractivity contribution in [2.24, 2.45) is 0 Å². The Balaban J connectivity index is 1.33.